The van der Waals surface area contributed by atoms with Crippen LogP contribution in [0.25, 0.3) is 0 Å². The van der Waals surface area contributed by atoms with Gasteiger partial charge in [0.1, 0.15) is 11.9 Å². The molecule has 3 heteroatoms. The average molecular weight is 277 g/mol. The summed E-state index contributed by atoms with van der Waals surface area (Å²) in [5.74, 6) is 0.709. The van der Waals surface area contributed by atoms with Crippen molar-refractivity contribution < 1.29 is 9.84 Å². The molecule has 1 atom stereocenters. The van der Waals surface area contributed by atoms with Gasteiger partial charge in [0.2, 0.25) is 0 Å². The minimum atomic E-state index is -0.736. The molecule has 0 bridgehead atoms. The summed E-state index contributed by atoms with van der Waals surface area (Å²) in [5, 5.41) is 11.1. The van der Waals surface area contributed by atoms with Crippen LogP contribution in [0.3, 0.4) is 0 Å². The molecular formula is C16H17ClO2. The Morgan fingerprint density at radius 2 is 2.00 bits per heavy atom. The highest BCUT2D eigenvalue weighted by Gasteiger charge is 2.16. The number of ether oxygens (including phenoxy) is 1. The summed E-state index contributed by atoms with van der Waals surface area (Å²) in [4.78, 5) is 0. The number of aryl methyl sites for hydroxylation is 1. The molecule has 0 radical (unpaired) electrons. The largest absolute Gasteiger partial charge is 0.493 e. The third kappa shape index (κ3) is 3.28. The third-order valence-corrected chi connectivity index (χ3v) is 3.16. The van der Waals surface area contributed by atoms with Gasteiger partial charge in [0.15, 0.2) is 0 Å². The molecule has 0 saturated carbocycles. The zero-order valence-corrected chi connectivity index (χ0v) is 11.8. The van der Waals surface area contributed by atoms with Crippen LogP contribution in [0.1, 0.15) is 29.7 Å². The predicted molar refractivity (Wildman–Crippen MR) is 77.9 cm³/mol. The normalized spacial score (nSPS) is 12.2. The van der Waals surface area contributed by atoms with Gasteiger partial charge in [-0.05, 0) is 43.7 Å². The molecule has 0 saturated heterocycles. The molecule has 0 aliphatic rings. The molecule has 0 aliphatic heterocycles. The maximum absolute atomic E-state index is 10.5. The standard InChI is InChI=1S/C16H17ClO2/c1-3-19-15-8-7-11(2)9-14(15)16(18)12-5-4-6-13(17)10-12/h4-10,16,18H,3H2,1-2H3. The first-order valence-electron chi connectivity index (χ1n) is 6.28. The molecule has 0 fully saturated rings. The van der Waals surface area contributed by atoms with Gasteiger partial charge in [-0.3, -0.25) is 0 Å². The molecule has 2 nitrogen and oxygen atoms in total. The van der Waals surface area contributed by atoms with E-state index >= 15 is 0 Å². The second kappa shape index (κ2) is 6.09. The van der Waals surface area contributed by atoms with Crippen LogP contribution >= 0.6 is 11.6 Å². The monoisotopic (exact) mass is 276 g/mol. The van der Waals surface area contributed by atoms with Crippen molar-refractivity contribution in [1.29, 1.82) is 0 Å². The van der Waals surface area contributed by atoms with Gasteiger partial charge in [0, 0.05) is 10.6 Å². The lowest BCUT2D eigenvalue weighted by Crippen LogP contribution is -2.04. The van der Waals surface area contributed by atoms with Gasteiger partial charge in [-0.15, -0.1) is 0 Å². The smallest absolute Gasteiger partial charge is 0.125 e. The van der Waals surface area contributed by atoms with Crippen LogP contribution < -0.4 is 4.74 Å². The second-order valence-corrected chi connectivity index (χ2v) is 4.87. The molecule has 0 heterocycles. The Bertz CT molecular complexity index is 566. The molecule has 100 valence electrons. The molecule has 2 rings (SSSR count). The number of halogens is 1. The van der Waals surface area contributed by atoms with Crippen molar-refractivity contribution in [3.63, 3.8) is 0 Å². The minimum Gasteiger partial charge on any atom is -0.493 e. The molecule has 0 aliphatic carbocycles. The number of aliphatic hydroxyl groups excluding tert-OH is 1. The van der Waals surface area contributed by atoms with E-state index < -0.39 is 6.10 Å². The van der Waals surface area contributed by atoms with E-state index in [9.17, 15) is 5.11 Å². The van der Waals surface area contributed by atoms with E-state index in [4.69, 9.17) is 16.3 Å². The summed E-state index contributed by atoms with van der Waals surface area (Å²) in [6.45, 7) is 4.48. The fourth-order valence-corrected chi connectivity index (χ4v) is 2.22. The van der Waals surface area contributed by atoms with Crippen LogP contribution in [-0.4, -0.2) is 11.7 Å². The van der Waals surface area contributed by atoms with Crippen LogP contribution in [0.5, 0.6) is 5.75 Å². The second-order valence-electron chi connectivity index (χ2n) is 4.43. The Labute approximate surface area is 118 Å². The van der Waals surface area contributed by atoms with E-state index in [-0.39, 0.29) is 0 Å². The molecule has 0 amide bonds. The molecular weight excluding hydrogens is 260 g/mol. The van der Waals surface area contributed by atoms with Crippen molar-refractivity contribution in [3.05, 3.63) is 64.2 Å². The zero-order chi connectivity index (χ0) is 13.8. The van der Waals surface area contributed by atoms with Crippen LogP contribution in [0, 0.1) is 6.92 Å². The number of aliphatic hydroxyl groups is 1. The molecule has 1 N–H and O–H groups in total. The lowest BCUT2D eigenvalue weighted by molar-refractivity contribution is 0.212. The SMILES string of the molecule is CCOc1ccc(C)cc1C(O)c1cccc(Cl)c1. The quantitative estimate of drug-likeness (QED) is 0.910. The molecule has 0 spiro atoms. The van der Waals surface area contributed by atoms with E-state index in [0.29, 0.717) is 17.4 Å². The minimum absolute atomic E-state index is 0.568. The lowest BCUT2D eigenvalue weighted by atomic mass is 9.99. The van der Waals surface area contributed by atoms with Crippen LogP contribution in [0.2, 0.25) is 5.02 Å². The molecule has 0 aromatic heterocycles. The topological polar surface area (TPSA) is 29.5 Å². The number of hydrogen-bond donors (Lipinski definition) is 1. The highest BCUT2D eigenvalue weighted by Crippen LogP contribution is 2.31. The van der Waals surface area contributed by atoms with E-state index in [0.717, 1.165) is 16.7 Å². The summed E-state index contributed by atoms with van der Waals surface area (Å²) < 4.78 is 5.57. The first-order chi connectivity index (χ1) is 9.11. The summed E-state index contributed by atoms with van der Waals surface area (Å²) in [7, 11) is 0. The third-order valence-electron chi connectivity index (χ3n) is 2.92. The Hall–Kier alpha value is -1.51. The van der Waals surface area contributed by atoms with Gasteiger partial charge in [-0.2, -0.15) is 0 Å². The van der Waals surface area contributed by atoms with Crippen LogP contribution in [0.15, 0.2) is 42.5 Å². The van der Waals surface area contributed by atoms with E-state index in [1.54, 1.807) is 12.1 Å². The Morgan fingerprint density at radius 1 is 1.21 bits per heavy atom. The molecule has 1 unspecified atom stereocenters. The average Bonchev–Trinajstić information content (AvgIpc) is 2.40. The summed E-state index contributed by atoms with van der Waals surface area (Å²) >= 11 is 5.97. The molecule has 2 aromatic rings. The van der Waals surface area contributed by atoms with Gasteiger partial charge < -0.3 is 9.84 Å². The Balaban J connectivity index is 2.42. The zero-order valence-electron chi connectivity index (χ0n) is 11.1. The summed E-state index contributed by atoms with van der Waals surface area (Å²) in [6, 6.07) is 13.0. The summed E-state index contributed by atoms with van der Waals surface area (Å²) in [5.41, 5.74) is 2.61. The fourth-order valence-electron chi connectivity index (χ4n) is 2.02. The van der Waals surface area contributed by atoms with Gasteiger partial charge >= 0.3 is 0 Å². The lowest BCUT2D eigenvalue weighted by Gasteiger charge is -2.17. The van der Waals surface area contributed by atoms with Gasteiger partial charge in [-0.1, -0.05) is 35.4 Å². The van der Waals surface area contributed by atoms with Gasteiger partial charge in [0.05, 0.1) is 6.61 Å². The molecule has 19 heavy (non-hydrogen) atoms. The van der Waals surface area contributed by atoms with Crippen LogP contribution in [-0.2, 0) is 0 Å². The van der Waals surface area contributed by atoms with Crippen LogP contribution in [0.4, 0.5) is 0 Å². The highest BCUT2D eigenvalue weighted by molar-refractivity contribution is 6.30. The van der Waals surface area contributed by atoms with Crippen molar-refractivity contribution in [1.82, 2.24) is 0 Å². The Kier molecular flexibility index (Phi) is 4.46. The number of hydrogen-bond acceptors (Lipinski definition) is 2. The van der Waals surface area contributed by atoms with E-state index in [1.165, 1.54) is 0 Å². The summed E-state index contributed by atoms with van der Waals surface area (Å²) in [6.07, 6.45) is -0.736. The maximum Gasteiger partial charge on any atom is 0.125 e. The Morgan fingerprint density at radius 3 is 2.68 bits per heavy atom. The fraction of sp³-hybridized carbons (Fsp3) is 0.250. The van der Waals surface area contributed by atoms with Crippen molar-refractivity contribution in [3.8, 4) is 5.75 Å². The van der Waals surface area contributed by atoms with Crippen molar-refractivity contribution in [2.75, 3.05) is 6.61 Å². The first-order valence-corrected chi connectivity index (χ1v) is 6.66. The van der Waals surface area contributed by atoms with E-state index in [1.807, 2.05) is 44.2 Å². The number of benzene rings is 2. The number of rotatable bonds is 4. The van der Waals surface area contributed by atoms with Crippen molar-refractivity contribution in [2.45, 2.75) is 20.0 Å². The van der Waals surface area contributed by atoms with E-state index in [2.05, 4.69) is 0 Å². The first kappa shape index (κ1) is 13.9. The highest BCUT2D eigenvalue weighted by atomic mass is 35.5. The van der Waals surface area contributed by atoms with Crippen molar-refractivity contribution >= 4 is 11.6 Å². The van der Waals surface area contributed by atoms with Gasteiger partial charge in [0.25, 0.3) is 0 Å². The maximum atomic E-state index is 10.5. The van der Waals surface area contributed by atoms with Crippen molar-refractivity contribution in [2.24, 2.45) is 0 Å². The molecule has 2 aromatic carbocycles. The predicted octanol–water partition coefficient (Wildman–Crippen LogP) is 4.13. The van der Waals surface area contributed by atoms with Gasteiger partial charge in [-0.25, -0.2) is 0 Å².